The van der Waals surface area contributed by atoms with E-state index in [2.05, 4.69) is 55.4 Å². The summed E-state index contributed by atoms with van der Waals surface area (Å²) in [5.41, 5.74) is 12.9. The van der Waals surface area contributed by atoms with Gasteiger partial charge in [-0.2, -0.15) is 5.21 Å². The number of nitrogens with zero attached hydrogens (tertiary/aromatic N) is 4. The molecule has 0 bridgehead atoms. The minimum absolute atomic E-state index is 0. The molecule has 2 heterocycles. The van der Waals surface area contributed by atoms with E-state index >= 15 is 0 Å². The fraction of sp³-hybridized carbons (Fsp3) is 0.436. The summed E-state index contributed by atoms with van der Waals surface area (Å²) in [4.78, 5) is 42.8. The molecule has 0 radical (unpaired) electrons. The first-order valence-electron chi connectivity index (χ1n) is 18.0. The largest absolute Gasteiger partial charge is 0.349 e. The second-order valence-electron chi connectivity index (χ2n) is 14.2. The molecular formula is C39H50ClN9O3. The fourth-order valence-corrected chi connectivity index (χ4v) is 7.14. The molecule has 52 heavy (non-hydrogen) atoms. The number of benzene rings is 3. The summed E-state index contributed by atoms with van der Waals surface area (Å²) in [6.07, 6.45) is 5.57. The summed E-state index contributed by atoms with van der Waals surface area (Å²) in [6.45, 7) is 6.70. The zero-order valence-electron chi connectivity index (χ0n) is 30.2. The van der Waals surface area contributed by atoms with Crippen LogP contribution in [0.3, 0.4) is 0 Å². The molecule has 3 aromatic carbocycles. The number of carbonyl (C=O) groups excluding carboxylic acids is 3. The lowest BCUT2D eigenvalue weighted by Gasteiger charge is -2.29. The summed E-state index contributed by atoms with van der Waals surface area (Å²) in [5, 5.41) is 23.3. The van der Waals surface area contributed by atoms with Gasteiger partial charge in [0, 0.05) is 35.2 Å². The zero-order chi connectivity index (χ0) is 35.9. The number of amides is 3. The van der Waals surface area contributed by atoms with E-state index in [1.165, 1.54) is 0 Å². The molecule has 1 atom stereocenters. The third-order valence-corrected chi connectivity index (χ3v) is 10.6. The van der Waals surface area contributed by atoms with Crippen LogP contribution in [0.4, 0.5) is 5.69 Å². The molecule has 1 saturated heterocycles. The Morgan fingerprint density at radius 3 is 2.23 bits per heavy atom. The number of rotatable bonds is 11. The Balaban J connectivity index is 0.00000523. The van der Waals surface area contributed by atoms with Gasteiger partial charge in [-0.05, 0) is 154 Å². The van der Waals surface area contributed by atoms with Gasteiger partial charge in [-0.1, -0.05) is 24.3 Å². The van der Waals surface area contributed by atoms with Gasteiger partial charge in [-0.15, -0.1) is 22.6 Å². The van der Waals surface area contributed by atoms with Gasteiger partial charge in [0.25, 0.3) is 5.91 Å². The number of tetrazole rings is 1. The number of anilines is 1. The van der Waals surface area contributed by atoms with Crippen LogP contribution < -0.4 is 21.7 Å². The number of hydrogen-bond donors (Lipinski definition) is 5. The molecule has 0 spiro atoms. The van der Waals surface area contributed by atoms with Crippen LogP contribution in [0.2, 0.25) is 0 Å². The van der Waals surface area contributed by atoms with Crippen molar-refractivity contribution >= 4 is 35.8 Å². The van der Waals surface area contributed by atoms with Gasteiger partial charge >= 0.3 is 0 Å². The molecule has 12 nitrogen and oxygen atoms in total. The average molecular weight is 728 g/mol. The molecule has 0 unspecified atom stereocenters. The van der Waals surface area contributed by atoms with E-state index in [-0.39, 0.29) is 42.1 Å². The molecule has 4 aromatic rings. The van der Waals surface area contributed by atoms with Crippen LogP contribution in [-0.4, -0.2) is 82.0 Å². The number of halogens is 1. The number of nitrogens with one attached hydrogen (secondary N) is 4. The first kappa shape index (κ1) is 38.6. The first-order valence-corrected chi connectivity index (χ1v) is 18.0. The van der Waals surface area contributed by atoms with Gasteiger partial charge in [0.05, 0.1) is 0 Å². The van der Waals surface area contributed by atoms with Crippen LogP contribution >= 0.6 is 12.4 Å². The Hall–Kier alpha value is -4.65. The van der Waals surface area contributed by atoms with Crippen LogP contribution in [-0.2, 0) is 16.0 Å². The summed E-state index contributed by atoms with van der Waals surface area (Å²) < 4.78 is 0. The first-order chi connectivity index (χ1) is 24.7. The van der Waals surface area contributed by atoms with Gasteiger partial charge in [0.15, 0.2) is 0 Å². The van der Waals surface area contributed by atoms with Crippen molar-refractivity contribution in [3.63, 3.8) is 0 Å². The number of likely N-dealkylation sites (tertiary alicyclic amines) is 1. The topological polar surface area (TPSA) is 171 Å². The van der Waals surface area contributed by atoms with Gasteiger partial charge in [0.1, 0.15) is 6.04 Å². The van der Waals surface area contributed by atoms with Gasteiger partial charge in [0.2, 0.25) is 17.6 Å². The summed E-state index contributed by atoms with van der Waals surface area (Å²) >= 11 is 0. The quantitative estimate of drug-likeness (QED) is 0.146. The van der Waals surface area contributed by atoms with Crippen LogP contribution in [0.5, 0.6) is 0 Å². The van der Waals surface area contributed by atoms with E-state index in [0.29, 0.717) is 36.0 Å². The highest BCUT2D eigenvalue weighted by Gasteiger charge is 2.29. The van der Waals surface area contributed by atoms with Crippen molar-refractivity contribution in [2.45, 2.75) is 70.9 Å². The number of nitrogens with two attached hydrogens (primary N) is 1. The van der Waals surface area contributed by atoms with Crippen molar-refractivity contribution in [2.24, 2.45) is 17.6 Å². The normalized spacial score (nSPS) is 18.5. The lowest BCUT2D eigenvalue weighted by atomic mass is 9.81. The molecule has 2 fully saturated rings. The number of piperidine rings is 1. The number of aryl methyl sites for hydroxylation is 1. The fourth-order valence-electron chi connectivity index (χ4n) is 7.14. The number of H-pyrrole nitrogens is 1. The third-order valence-electron chi connectivity index (χ3n) is 10.6. The van der Waals surface area contributed by atoms with E-state index in [4.69, 9.17) is 5.73 Å². The maximum absolute atomic E-state index is 13.8. The molecule has 2 aliphatic rings. The number of aromatic nitrogens is 4. The van der Waals surface area contributed by atoms with E-state index in [0.717, 1.165) is 85.0 Å². The lowest BCUT2D eigenvalue weighted by molar-refractivity contribution is -0.130. The van der Waals surface area contributed by atoms with Crippen molar-refractivity contribution < 1.29 is 14.4 Å². The van der Waals surface area contributed by atoms with E-state index in [9.17, 15) is 14.4 Å². The van der Waals surface area contributed by atoms with Gasteiger partial charge < -0.3 is 26.6 Å². The Kier molecular flexibility index (Phi) is 13.1. The minimum atomic E-state index is -0.789. The average Bonchev–Trinajstić information content (AvgIpc) is 3.69. The minimum Gasteiger partial charge on any atom is -0.349 e. The Bertz CT molecular complexity index is 1800. The molecule has 3 amide bonds. The Morgan fingerprint density at radius 1 is 0.923 bits per heavy atom. The lowest BCUT2D eigenvalue weighted by Crippen LogP contribution is -2.48. The monoisotopic (exact) mass is 727 g/mol. The van der Waals surface area contributed by atoms with Crippen molar-refractivity contribution in [3.05, 3.63) is 82.9 Å². The molecule has 6 rings (SSSR count). The van der Waals surface area contributed by atoms with E-state index in [1.54, 1.807) is 24.3 Å². The highest BCUT2D eigenvalue weighted by atomic mass is 35.5. The van der Waals surface area contributed by atoms with Crippen molar-refractivity contribution in [2.75, 3.05) is 32.0 Å². The highest BCUT2D eigenvalue weighted by molar-refractivity contribution is 5.98. The highest BCUT2D eigenvalue weighted by Crippen LogP contribution is 2.30. The van der Waals surface area contributed by atoms with Crippen molar-refractivity contribution in [3.8, 4) is 22.5 Å². The molecule has 1 saturated carbocycles. The number of hydrogen-bond acceptors (Lipinski definition) is 8. The molecule has 1 aromatic heterocycles. The maximum Gasteiger partial charge on any atom is 0.251 e. The molecule has 13 heteroatoms. The second kappa shape index (κ2) is 17.7. The number of carbonyl (C=O) groups is 3. The van der Waals surface area contributed by atoms with Crippen LogP contribution in [0, 0.1) is 25.7 Å². The van der Waals surface area contributed by atoms with Crippen LogP contribution in [0.1, 0.15) is 65.6 Å². The summed E-state index contributed by atoms with van der Waals surface area (Å²) in [6, 6.07) is 18.5. The summed E-state index contributed by atoms with van der Waals surface area (Å²) in [5.74, 6) is 0.315. The molecule has 1 aliphatic heterocycles. The van der Waals surface area contributed by atoms with Gasteiger partial charge in [-0.25, -0.2) is 0 Å². The van der Waals surface area contributed by atoms with Crippen LogP contribution in [0.15, 0.2) is 60.7 Å². The predicted molar refractivity (Wildman–Crippen MR) is 205 cm³/mol. The SMILES string of the molecule is Cc1cc(C(=O)NC2CCN(C)CC2)cc(-c2ccc(C[C@H](NC(=O)C3CCC(CN)CC3)C(=O)Nc3ccc(-c4nn[nH]n4)cc3)cc2)c1C.Cl. The molecule has 6 N–H and O–H groups in total. The predicted octanol–water partition coefficient (Wildman–Crippen LogP) is 4.83. The maximum atomic E-state index is 13.8. The van der Waals surface area contributed by atoms with Crippen LogP contribution in [0.25, 0.3) is 22.5 Å². The smallest absolute Gasteiger partial charge is 0.251 e. The molecular weight excluding hydrogens is 678 g/mol. The van der Waals surface area contributed by atoms with Crippen molar-refractivity contribution in [1.82, 2.24) is 36.2 Å². The van der Waals surface area contributed by atoms with E-state index < -0.39 is 6.04 Å². The van der Waals surface area contributed by atoms with E-state index in [1.807, 2.05) is 43.3 Å². The molecule has 276 valence electrons. The summed E-state index contributed by atoms with van der Waals surface area (Å²) in [7, 11) is 2.11. The number of aromatic amines is 1. The Labute approximate surface area is 311 Å². The Morgan fingerprint density at radius 2 is 1.60 bits per heavy atom. The standard InChI is InChI=1S/C39H49N9O3.ClH/c1-24-20-31(38(50)41-33-16-18-48(3)19-17-33)22-34(25(24)2)28-8-4-26(5-9-28)21-35(43-37(49)30-10-6-27(23-40)7-11-30)39(51)42-32-14-12-29(13-15-32)36-44-46-47-45-36;/h4-5,8-9,12-15,20,22,27,30,33,35H,6-7,10-11,16-19,21,23,40H2,1-3H3,(H,41,50)(H,42,51)(H,43,49)(H,44,45,46,47);1H/t27?,30?,35-;/m0./s1. The zero-order valence-corrected chi connectivity index (χ0v) is 31.0. The van der Waals surface area contributed by atoms with Gasteiger partial charge in [-0.3, -0.25) is 14.4 Å². The molecule has 1 aliphatic carbocycles. The third kappa shape index (κ3) is 9.61. The second-order valence-corrected chi connectivity index (χ2v) is 14.2. The van der Waals surface area contributed by atoms with Crippen molar-refractivity contribution in [1.29, 1.82) is 0 Å².